The first kappa shape index (κ1) is 16.2. The van der Waals surface area contributed by atoms with Crippen LogP contribution in [0.1, 0.15) is 12.5 Å². The summed E-state index contributed by atoms with van der Waals surface area (Å²) in [6.07, 6.45) is 3.32. The lowest BCUT2D eigenvalue weighted by Crippen LogP contribution is -2.22. The average Bonchev–Trinajstić information content (AvgIpc) is 3.06. The number of hydrogen-bond donors (Lipinski definition) is 1. The van der Waals surface area contributed by atoms with Crippen molar-refractivity contribution >= 4 is 23.4 Å². The molecule has 2 aromatic heterocycles. The van der Waals surface area contributed by atoms with E-state index in [9.17, 15) is 4.79 Å². The number of carbonyl (C=O) groups excluding carboxylic acids is 1. The molecule has 0 saturated carbocycles. The van der Waals surface area contributed by atoms with Crippen LogP contribution in [0.15, 0.2) is 58.4 Å². The molecule has 1 aromatic carbocycles. The topological polar surface area (TPSA) is 80.9 Å². The fraction of sp³-hybridized carbons (Fsp3) is 0.176. The number of amides is 1. The molecule has 1 amide bonds. The molecule has 0 spiro atoms. The van der Waals surface area contributed by atoms with Crippen LogP contribution in [0.5, 0.6) is 0 Å². The lowest BCUT2D eigenvalue weighted by Gasteiger charge is -2.11. The average molecular weight is 340 g/mol. The van der Waals surface area contributed by atoms with Gasteiger partial charge in [0, 0.05) is 18.1 Å². The minimum atomic E-state index is -0.369. The highest BCUT2D eigenvalue weighted by Gasteiger charge is 2.19. The summed E-state index contributed by atoms with van der Waals surface area (Å²) in [5.41, 5.74) is 2.56. The van der Waals surface area contributed by atoms with Crippen LogP contribution in [-0.4, -0.2) is 26.3 Å². The summed E-state index contributed by atoms with van der Waals surface area (Å²) < 4.78 is 5.59. The van der Waals surface area contributed by atoms with Crippen molar-refractivity contribution in [1.82, 2.24) is 15.2 Å². The van der Waals surface area contributed by atoms with Gasteiger partial charge in [0.25, 0.3) is 5.22 Å². The van der Waals surface area contributed by atoms with Gasteiger partial charge in [0.05, 0.1) is 10.8 Å². The molecule has 24 heavy (non-hydrogen) atoms. The van der Waals surface area contributed by atoms with Gasteiger partial charge in [0.1, 0.15) is 0 Å². The van der Waals surface area contributed by atoms with Gasteiger partial charge >= 0.3 is 0 Å². The zero-order valence-electron chi connectivity index (χ0n) is 13.3. The Labute approximate surface area is 143 Å². The van der Waals surface area contributed by atoms with E-state index in [1.165, 1.54) is 11.8 Å². The van der Waals surface area contributed by atoms with E-state index < -0.39 is 0 Å². The lowest BCUT2D eigenvalue weighted by atomic mass is 10.2. The quantitative estimate of drug-likeness (QED) is 0.715. The maximum Gasteiger partial charge on any atom is 0.277 e. The van der Waals surface area contributed by atoms with Crippen LogP contribution >= 0.6 is 11.8 Å². The number of carbonyl (C=O) groups is 1. The third-order valence-corrected chi connectivity index (χ3v) is 4.30. The van der Waals surface area contributed by atoms with Crippen molar-refractivity contribution in [2.45, 2.75) is 24.3 Å². The third kappa shape index (κ3) is 3.80. The summed E-state index contributed by atoms with van der Waals surface area (Å²) in [5.74, 6) is 0.271. The summed E-state index contributed by atoms with van der Waals surface area (Å²) in [5, 5.41) is 10.9. The van der Waals surface area contributed by atoms with Crippen molar-refractivity contribution in [3.05, 3.63) is 54.4 Å². The first-order valence-electron chi connectivity index (χ1n) is 7.40. The van der Waals surface area contributed by atoms with Gasteiger partial charge in [-0.1, -0.05) is 30.0 Å². The van der Waals surface area contributed by atoms with Gasteiger partial charge in [-0.3, -0.25) is 9.78 Å². The molecule has 0 aliphatic rings. The highest BCUT2D eigenvalue weighted by molar-refractivity contribution is 8.00. The van der Waals surface area contributed by atoms with E-state index in [1.54, 1.807) is 25.4 Å². The Kier molecular flexibility index (Phi) is 4.90. The van der Waals surface area contributed by atoms with Crippen molar-refractivity contribution in [2.24, 2.45) is 0 Å². The zero-order chi connectivity index (χ0) is 16.9. The van der Waals surface area contributed by atoms with Gasteiger partial charge in [-0.15, -0.1) is 10.2 Å². The maximum atomic E-state index is 12.3. The summed E-state index contributed by atoms with van der Waals surface area (Å²) >= 11 is 1.22. The van der Waals surface area contributed by atoms with Crippen LogP contribution in [0.2, 0.25) is 0 Å². The number of hydrogen-bond acceptors (Lipinski definition) is 6. The summed E-state index contributed by atoms with van der Waals surface area (Å²) in [7, 11) is 0. The van der Waals surface area contributed by atoms with Crippen molar-refractivity contribution in [2.75, 3.05) is 5.32 Å². The molecule has 0 radical (unpaired) electrons. The minimum absolute atomic E-state index is 0.115. The Hall–Kier alpha value is -2.67. The standard InChI is InChI=1S/C17H16N4O2S/c1-11-6-3-4-8-14(11)19-15(22)12(2)24-17-21-20-16(23-17)13-7-5-9-18-10-13/h3-10,12H,1-2H3,(H,19,22)/t12-/m0/s1. The first-order chi connectivity index (χ1) is 11.6. The van der Waals surface area contributed by atoms with E-state index in [4.69, 9.17) is 4.42 Å². The Morgan fingerprint density at radius 3 is 2.79 bits per heavy atom. The van der Waals surface area contributed by atoms with E-state index >= 15 is 0 Å². The predicted octanol–water partition coefficient (Wildman–Crippen LogP) is 3.56. The smallest absolute Gasteiger partial charge is 0.277 e. The number of benzene rings is 1. The molecule has 2 heterocycles. The van der Waals surface area contributed by atoms with E-state index in [0.717, 1.165) is 16.8 Å². The molecular weight excluding hydrogens is 324 g/mol. The Morgan fingerprint density at radius 2 is 2.04 bits per heavy atom. The lowest BCUT2D eigenvalue weighted by molar-refractivity contribution is -0.115. The molecule has 0 bridgehead atoms. The number of nitrogens with zero attached hydrogens (tertiary/aromatic N) is 3. The van der Waals surface area contributed by atoms with E-state index in [1.807, 2.05) is 37.3 Å². The van der Waals surface area contributed by atoms with Crippen molar-refractivity contribution in [3.8, 4) is 11.5 Å². The van der Waals surface area contributed by atoms with Gasteiger partial charge in [-0.05, 0) is 37.6 Å². The molecule has 0 saturated heterocycles. The molecule has 0 unspecified atom stereocenters. The molecule has 1 N–H and O–H groups in total. The highest BCUT2D eigenvalue weighted by Crippen LogP contribution is 2.26. The normalized spacial score (nSPS) is 11.9. The van der Waals surface area contributed by atoms with Crippen LogP contribution in [0.4, 0.5) is 5.69 Å². The molecule has 3 rings (SSSR count). The van der Waals surface area contributed by atoms with Gasteiger partial charge in [0.2, 0.25) is 11.8 Å². The van der Waals surface area contributed by atoms with Crippen molar-refractivity contribution in [1.29, 1.82) is 0 Å². The second-order valence-electron chi connectivity index (χ2n) is 5.18. The first-order valence-corrected chi connectivity index (χ1v) is 8.28. The van der Waals surface area contributed by atoms with E-state index in [-0.39, 0.29) is 11.2 Å². The fourth-order valence-electron chi connectivity index (χ4n) is 2.02. The largest absolute Gasteiger partial charge is 0.411 e. The molecule has 7 heteroatoms. The van der Waals surface area contributed by atoms with Crippen LogP contribution in [0.25, 0.3) is 11.5 Å². The summed E-state index contributed by atoms with van der Waals surface area (Å²) in [4.78, 5) is 16.3. The number of pyridine rings is 1. The van der Waals surface area contributed by atoms with E-state index in [2.05, 4.69) is 20.5 Å². The zero-order valence-corrected chi connectivity index (χ0v) is 14.1. The summed E-state index contributed by atoms with van der Waals surface area (Å²) in [6.45, 7) is 3.75. The molecule has 0 aliphatic heterocycles. The van der Waals surface area contributed by atoms with E-state index in [0.29, 0.717) is 11.1 Å². The minimum Gasteiger partial charge on any atom is -0.411 e. The third-order valence-electron chi connectivity index (χ3n) is 3.36. The molecule has 0 aliphatic carbocycles. The van der Waals surface area contributed by atoms with Gasteiger partial charge in [-0.25, -0.2) is 0 Å². The molecule has 3 aromatic rings. The van der Waals surface area contributed by atoms with Crippen LogP contribution in [0.3, 0.4) is 0 Å². The number of rotatable bonds is 5. The maximum absolute atomic E-state index is 12.3. The summed E-state index contributed by atoms with van der Waals surface area (Å²) in [6, 6.07) is 11.3. The highest BCUT2D eigenvalue weighted by atomic mass is 32.2. The SMILES string of the molecule is Cc1ccccc1NC(=O)[C@H](C)Sc1nnc(-c2cccnc2)o1. The van der Waals surface area contributed by atoms with Gasteiger partial charge in [0.15, 0.2) is 0 Å². The fourth-order valence-corrected chi connectivity index (χ4v) is 2.70. The van der Waals surface area contributed by atoms with Crippen LogP contribution < -0.4 is 5.32 Å². The second-order valence-corrected chi connectivity index (χ2v) is 6.47. The van der Waals surface area contributed by atoms with Crippen molar-refractivity contribution < 1.29 is 9.21 Å². The Bertz CT molecular complexity index is 835. The number of anilines is 1. The monoisotopic (exact) mass is 340 g/mol. The molecule has 6 nitrogen and oxygen atoms in total. The molecule has 122 valence electrons. The number of para-hydroxylation sites is 1. The Balaban J connectivity index is 1.65. The number of aromatic nitrogens is 3. The second kappa shape index (κ2) is 7.27. The number of aryl methyl sites for hydroxylation is 1. The molecular formula is C17H16N4O2S. The van der Waals surface area contributed by atoms with Crippen LogP contribution in [-0.2, 0) is 4.79 Å². The van der Waals surface area contributed by atoms with Gasteiger partial charge < -0.3 is 9.73 Å². The number of thioether (sulfide) groups is 1. The van der Waals surface area contributed by atoms with Crippen LogP contribution in [0, 0.1) is 6.92 Å². The molecule has 1 atom stereocenters. The molecule has 0 fully saturated rings. The van der Waals surface area contributed by atoms with Gasteiger partial charge in [-0.2, -0.15) is 0 Å². The predicted molar refractivity (Wildman–Crippen MR) is 92.7 cm³/mol. The number of nitrogens with one attached hydrogen (secondary N) is 1. The Morgan fingerprint density at radius 1 is 1.21 bits per heavy atom. The van der Waals surface area contributed by atoms with Crippen molar-refractivity contribution in [3.63, 3.8) is 0 Å².